The van der Waals surface area contributed by atoms with Crippen LogP contribution in [-0.2, 0) is 23.6 Å². The average Bonchev–Trinajstić information content (AvgIpc) is 2.84. The average molecular weight is 296 g/mol. The topological polar surface area (TPSA) is 99.2 Å². The van der Waals surface area contributed by atoms with Gasteiger partial charge in [-0.15, -0.1) is 0 Å². The maximum absolute atomic E-state index is 12.0. The van der Waals surface area contributed by atoms with E-state index in [9.17, 15) is 8.42 Å². The summed E-state index contributed by atoms with van der Waals surface area (Å²) in [6.07, 6.45) is 2.73. The molecule has 0 saturated heterocycles. The maximum atomic E-state index is 12.0. The van der Waals surface area contributed by atoms with Crippen molar-refractivity contribution in [2.45, 2.75) is 11.4 Å². The number of aryl methyl sites for hydroxylation is 1. The highest BCUT2D eigenvalue weighted by atomic mass is 32.2. The molecule has 0 aliphatic carbocycles. The molecule has 1 aromatic heterocycles. The second kappa shape index (κ2) is 5.51. The summed E-state index contributed by atoms with van der Waals surface area (Å²) in [5, 5.41) is 3.84. The van der Waals surface area contributed by atoms with Crippen LogP contribution in [0.2, 0.25) is 0 Å². The number of nitrogens with two attached hydrogens (primary N) is 1. The zero-order valence-electron chi connectivity index (χ0n) is 11.2. The Hall–Kier alpha value is -2.06. The van der Waals surface area contributed by atoms with Gasteiger partial charge in [-0.2, -0.15) is 5.10 Å². The first kappa shape index (κ1) is 14.4. The quantitative estimate of drug-likeness (QED) is 0.782. The zero-order valence-corrected chi connectivity index (χ0v) is 12.0. The molecule has 0 fully saturated rings. The van der Waals surface area contributed by atoms with Crippen LogP contribution in [0.5, 0.6) is 5.75 Å². The lowest BCUT2D eigenvalue weighted by Crippen LogP contribution is -2.23. The number of nitrogens with zero attached hydrogens (tertiary/aromatic N) is 2. The van der Waals surface area contributed by atoms with Gasteiger partial charge in [-0.1, -0.05) is 6.07 Å². The van der Waals surface area contributed by atoms with Gasteiger partial charge in [0.15, 0.2) is 0 Å². The number of ether oxygens (including phenoxy) is 1. The predicted octanol–water partition coefficient (Wildman–Crippen LogP) is 0.489. The molecule has 3 N–H and O–H groups in total. The fraction of sp³-hybridized carbons (Fsp3) is 0.250. The molecule has 0 radical (unpaired) electrons. The molecule has 0 saturated carbocycles. The van der Waals surface area contributed by atoms with Crippen molar-refractivity contribution >= 4 is 15.7 Å². The van der Waals surface area contributed by atoms with E-state index in [0.717, 1.165) is 5.56 Å². The summed E-state index contributed by atoms with van der Waals surface area (Å²) in [6, 6.07) is 5.12. The minimum Gasteiger partial charge on any atom is -0.495 e. The Morgan fingerprint density at radius 3 is 2.75 bits per heavy atom. The number of anilines is 1. The number of aromatic nitrogens is 2. The highest BCUT2D eigenvalue weighted by Crippen LogP contribution is 2.22. The van der Waals surface area contributed by atoms with E-state index in [4.69, 9.17) is 10.5 Å². The van der Waals surface area contributed by atoms with Crippen molar-refractivity contribution in [2.75, 3.05) is 12.8 Å². The van der Waals surface area contributed by atoms with Crippen molar-refractivity contribution in [3.63, 3.8) is 0 Å². The van der Waals surface area contributed by atoms with Gasteiger partial charge in [-0.3, -0.25) is 4.68 Å². The normalized spacial score (nSPS) is 11.5. The van der Waals surface area contributed by atoms with Gasteiger partial charge in [0.05, 0.1) is 19.0 Å². The summed E-state index contributed by atoms with van der Waals surface area (Å²) in [4.78, 5) is 0.126. The van der Waals surface area contributed by atoms with Crippen LogP contribution in [0.15, 0.2) is 35.5 Å². The van der Waals surface area contributed by atoms with Gasteiger partial charge in [0, 0.05) is 19.8 Å². The number of nitrogen functional groups attached to an aromatic ring is 1. The van der Waals surface area contributed by atoms with Crippen molar-refractivity contribution in [3.8, 4) is 5.75 Å². The smallest absolute Gasteiger partial charge is 0.243 e. The first-order valence-corrected chi connectivity index (χ1v) is 7.31. The van der Waals surface area contributed by atoms with Crippen molar-refractivity contribution in [3.05, 3.63) is 36.2 Å². The van der Waals surface area contributed by atoms with Crippen molar-refractivity contribution in [1.82, 2.24) is 14.5 Å². The van der Waals surface area contributed by atoms with Crippen LogP contribution in [0.1, 0.15) is 5.56 Å². The fourth-order valence-corrected chi connectivity index (χ4v) is 2.69. The van der Waals surface area contributed by atoms with Gasteiger partial charge in [-0.05, 0) is 17.7 Å². The third kappa shape index (κ3) is 3.09. The van der Waals surface area contributed by atoms with Crippen molar-refractivity contribution < 1.29 is 13.2 Å². The molecule has 2 rings (SSSR count). The standard InChI is InChI=1S/C12H16N4O3S/c1-16-8-10(7-14-16)20(17,18)15-6-9-3-4-12(19-2)11(13)5-9/h3-5,7-8,15H,6,13H2,1-2H3. The van der Waals surface area contributed by atoms with Crippen molar-refractivity contribution in [2.24, 2.45) is 7.05 Å². The lowest BCUT2D eigenvalue weighted by molar-refractivity contribution is 0.417. The van der Waals surface area contributed by atoms with Crippen LogP contribution >= 0.6 is 0 Å². The molecule has 1 aromatic carbocycles. The lowest BCUT2D eigenvalue weighted by Gasteiger charge is -2.08. The minimum atomic E-state index is -3.57. The molecule has 20 heavy (non-hydrogen) atoms. The van der Waals surface area contributed by atoms with E-state index in [1.807, 2.05) is 0 Å². The molecular formula is C12H16N4O3S. The molecule has 0 aliphatic heterocycles. The van der Waals surface area contributed by atoms with Crippen LogP contribution in [0, 0.1) is 0 Å². The molecule has 7 nitrogen and oxygen atoms in total. The van der Waals surface area contributed by atoms with E-state index in [1.54, 1.807) is 25.2 Å². The van der Waals surface area contributed by atoms with Crippen LogP contribution in [0.25, 0.3) is 0 Å². The molecule has 108 valence electrons. The SMILES string of the molecule is COc1ccc(CNS(=O)(=O)c2cnn(C)c2)cc1N. The summed E-state index contributed by atoms with van der Waals surface area (Å²) >= 11 is 0. The van der Waals surface area contributed by atoms with E-state index in [1.165, 1.54) is 24.2 Å². The second-order valence-electron chi connectivity index (χ2n) is 4.25. The molecule has 0 spiro atoms. The van der Waals surface area contributed by atoms with E-state index in [-0.39, 0.29) is 11.4 Å². The van der Waals surface area contributed by atoms with Gasteiger partial charge in [0.25, 0.3) is 0 Å². The summed E-state index contributed by atoms with van der Waals surface area (Å²) in [7, 11) is -0.391. The van der Waals surface area contributed by atoms with Gasteiger partial charge in [-0.25, -0.2) is 13.1 Å². The molecule has 0 atom stereocenters. The zero-order chi connectivity index (χ0) is 14.8. The molecule has 8 heteroatoms. The van der Waals surface area contributed by atoms with Crippen LogP contribution in [0.4, 0.5) is 5.69 Å². The molecule has 0 bridgehead atoms. The highest BCUT2D eigenvalue weighted by Gasteiger charge is 2.15. The second-order valence-corrected chi connectivity index (χ2v) is 6.02. The molecule has 0 aliphatic rings. The van der Waals surface area contributed by atoms with Gasteiger partial charge in [0.1, 0.15) is 10.6 Å². The van der Waals surface area contributed by atoms with Gasteiger partial charge >= 0.3 is 0 Å². The summed E-state index contributed by atoms with van der Waals surface area (Å²) in [6.45, 7) is 0.144. The first-order valence-electron chi connectivity index (χ1n) is 5.83. The Morgan fingerprint density at radius 1 is 1.45 bits per heavy atom. The lowest BCUT2D eigenvalue weighted by atomic mass is 10.2. The summed E-state index contributed by atoms with van der Waals surface area (Å²) in [5.41, 5.74) is 6.98. The van der Waals surface area contributed by atoms with Crippen molar-refractivity contribution in [1.29, 1.82) is 0 Å². The number of nitrogens with one attached hydrogen (secondary N) is 1. The van der Waals surface area contributed by atoms with E-state index in [0.29, 0.717) is 11.4 Å². The van der Waals surface area contributed by atoms with E-state index >= 15 is 0 Å². The van der Waals surface area contributed by atoms with Crippen LogP contribution in [-0.4, -0.2) is 25.3 Å². The summed E-state index contributed by atoms with van der Waals surface area (Å²) in [5.74, 6) is 0.559. The Kier molecular flexibility index (Phi) is 3.96. The first-order chi connectivity index (χ1) is 9.42. The fourth-order valence-electron chi connectivity index (χ4n) is 1.69. The minimum absolute atomic E-state index is 0.126. The highest BCUT2D eigenvalue weighted by molar-refractivity contribution is 7.89. The number of rotatable bonds is 5. The summed E-state index contributed by atoms with van der Waals surface area (Å²) < 4.78 is 33.0. The number of hydrogen-bond acceptors (Lipinski definition) is 5. The number of benzene rings is 1. The largest absolute Gasteiger partial charge is 0.495 e. The Balaban J connectivity index is 2.10. The molecule has 0 unspecified atom stereocenters. The molecular weight excluding hydrogens is 280 g/mol. The van der Waals surface area contributed by atoms with Crippen LogP contribution in [0.3, 0.4) is 0 Å². The maximum Gasteiger partial charge on any atom is 0.243 e. The number of hydrogen-bond donors (Lipinski definition) is 2. The van der Waals surface area contributed by atoms with E-state index in [2.05, 4.69) is 9.82 Å². The number of methoxy groups -OCH3 is 1. The Morgan fingerprint density at radius 2 is 2.20 bits per heavy atom. The molecule has 2 aromatic rings. The predicted molar refractivity (Wildman–Crippen MR) is 74.6 cm³/mol. The Bertz CT molecular complexity index is 709. The Labute approximate surface area is 117 Å². The van der Waals surface area contributed by atoms with Crippen LogP contribution < -0.4 is 15.2 Å². The van der Waals surface area contributed by atoms with Gasteiger partial charge < -0.3 is 10.5 Å². The monoisotopic (exact) mass is 296 g/mol. The third-order valence-corrected chi connectivity index (χ3v) is 4.11. The molecule has 1 heterocycles. The molecule has 0 amide bonds. The van der Waals surface area contributed by atoms with Gasteiger partial charge in [0.2, 0.25) is 10.0 Å². The third-order valence-electron chi connectivity index (χ3n) is 2.75. The van der Waals surface area contributed by atoms with E-state index < -0.39 is 10.0 Å². The number of sulfonamides is 1.